The fourth-order valence-corrected chi connectivity index (χ4v) is 12.9. The predicted octanol–water partition coefficient (Wildman–Crippen LogP) is 17.9. The highest BCUT2D eigenvalue weighted by atomic mass is 32.1. The van der Waals surface area contributed by atoms with Crippen LogP contribution in [-0.2, 0) is 0 Å². The number of furan rings is 1. The molecule has 1 nitrogen and oxygen atoms in total. The van der Waals surface area contributed by atoms with Crippen LogP contribution >= 0.6 is 22.7 Å². The summed E-state index contributed by atoms with van der Waals surface area (Å²) < 4.78 is 12.2. The smallest absolute Gasteiger partial charge is 0.143 e. The maximum Gasteiger partial charge on any atom is 0.143 e. The van der Waals surface area contributed by atoms with Gasteiger partial charge < -0.3 is 4.42 Å². The SMILES string of the molecule is c1ccc2c(-c3c4ccccc4c(-c4ccc5sc6c(-c7c8ccccc8cc8c7oc7ccc9c%10ccccc%10sc9c78)cccc6c5c4)c4ccccc34)cccc2c1. The van der Waals surface area contributed by atoms with E-state index >= 15 is 0 Å². The topological polar surface area (TPSA) is 13.1 Å². The van der Waals surface area contributed by atoms with Crippen molar-refractivity contribution in [3.63, 3.8) is 0 Å². The third kappa shape index (κ3) is 4.70. The second-order valence-corrected chi connectivity index (χ2v) is 18.3. The molecule has 61 heavy (non-hydrogen) atoms. The van der Waals surface area contributed by atoms with Gasteiger partial charge in [0.1, 0.15) is 11.2 Å². The Morgan fingerprint density at radius 1 is 0.311 bits per heavy atom. The van der Waals surface area contributed by atoms with E-state index < -0.39 is 0 Å². The zero-order valence-corrected chi connectivity index (χ0v) is 34.3. The van der Waals surface area contributed by atoms with Crippen molar-refractivity contribution >= 4 is 128 Å². The molecule has 0 fully saturated rings. The van der Waals surface area contributed by atoms with Crippen LogP contribution in [-0.4, -0.2) is 0 Å². The van der Waals surface area contributed by atoms with Gasteiger partial charge in [-0.2, -0.15) is 0 Å². The molecule has 0 bridgehead atoms. The lowest BCUT2D eigenvalue weighted by molar-refractivity contribution is 0.671. The van der Waals surface area contributed by atoms with E-state index in [1.165, 1.54) is 122 Å². The molecule has 0 unspecified atom stereocenters. The third-order valence-electron chi connectivity index (χ3n) is 13.0. The molecule has 0 radical (unpaired) electrons. The Morgan fingerprint density at radius 2 is 0.885 bits per heavy atom. The van der Waals surface area contributed by atoms with Crippen LogP contribution in [0.4, 0.5) is 0 Å². The third-order valence-corrected chi connectivity index (χ3v) is 15.5. The van der Waals surface area contributed by atoms with Crippen molar-refractivity contribution in [3.8, 4) is 33.4 Å². The van der Waals surface area contributed by atoms with E-state index in [0.717, 1.165) is 16.7 Å². The Labute approximate surface area is 357 Å². The molecule has 0 aliphatic rings. The second kappa shape index (κ2) is 12.6. The van der Waals surface area contributed by atoms with Crippen LogP contribution in [0.3, 0.4) is 0 Å². The standard InChI is InChI=1S/C58H32OS2/c1-3-16-36-33(13-1)15-11-23-39(36)53-42-21-7-5-19-40(42)52(41-20-6-8-22-43(41)53)35-27-30-51-47(32-35)44-24-12-25-46(57(44)60-51)54-37-17-4-2-14-34(37)31-48-55-49(59-56(48)54)29-28-45-38-18-9-10-26-50(38)61-58(45)55/h1-32H. The zero-order valence-electron chi connectivity index (χ0n) is 32.7. The fraction of sp³-hybridized carbons (Fsp3) is 0. The molecule has 14 rings (SSSR count). The van der Waals surface area contributed by atoms with E-state index in [2.05, 4.69) is 194 Å². The highest BCUT2D eigenvalue weighted by Crippen LogP contribution is 2.51. The summed E-state index contributed by atoms with van der Waals surface area (Å²) in [6, 6.07) is 71.7. The Morgan fingerprint density at radius 3 is 1.69 bits per heavy atom. The van der Waals surface area contributed by atoms with E-state index in [0.29, 0.717) is 0 Å². The van der Waals surface area contributed by atoms with E-state index in [1.54, 1.807) is 0 Å². The number of benzene rings is 11. The quantitative estimate of drug-likeness (QED) is 0.162. The van der Waals surface area contributed by atoms with Crippen LogP contribution in [0.1, 0.15) is 0 Å². The summed E-state index contributed by atoms with van der Waals surface area (Å²) in [4.78, 5) is 0. The van der Waals surface area contributed by atoms with E-state index in [1.807, 2.05) is 22.7 Å². The number of hydrogen-bond acceptors (Lipinski definition) is 3. The molecule has 3 aromatic heterocycles. The van der Waals surface area contributed by atoms with E-state index in [4.69, 9.17) is 4.42 Å². The molecule has 282 valence electrons. The second-order valence-electron chi connectivity index (χ2n) is 16.2. The lowest BCUT2D eigenvalue weighted by atomic mass is 9.84. The molecule has 0 amide bonds. The molecular weight excluding hydrogens is 777 g/mol. The minimum atomic E-state index is 0.935. The highest BCUT2D eigenvalue weighted by Gasteiger charge is 2.23. The number of rotatable bonds is 3. The van der Waals surface area contributed by atoms with Crippen molar-refractivity contribution < 1.29 is 4.42 Å². The average Bonchev–Trinajstić information content (AvgIpc) is 4.01. The van der Waals surface area contributed by atoms with E-state index in [9.17, 15) is 0 Å². The van der Waals surface area contributed by atoms with Gasteiger partial charge in [-0.05, 0) is 102 Å². The normalized spacial score (nSPS) is 12.3. The molecule has 0 saturated heterocycles. The van der Waals surface area contributed by atoms with Crippen molar-refractivity contribution in [1.82, 2.24) is 0 Å². The minimum Gasteiger partial charge on any atom is -0.455 e. The lowest BCUT2D eigenvalue weighted by Gasteiger charge is -2.19. The molecular formula is C58H32OS2. The Hall–Kier alpha value is -7.30. The van der Waals surface area contributed by atoms with Crippen LogP contribution in [0.15, 0.2) is 199 Å². The van der Waals surface area contributed by atoms with Crippen molar-refractivity contribution in [1.29, 1.82) is 0 Å². The van der Waals surface area contributed by atoms with Crippen molar-refractivity contribution in [2.45, 2.75) is 0 Å². The summed E-state index contributed by atoms with van der Waals surface area (Å²) in [5.74, 6) is 0. The summed E-state index contributed by atoms with van der Waals surface area (Å²) in [5.41, 5.74) is 9.33. The van der Waals surface area contributed by atoms with E-state index in [-0.39, 0.29) is 0 Å². The summed E-state index contributed by atoms with van der Waals surface area (Å²) in [6.07, 6.45) is 0. The number of hydrogen-bond donors (Lipinski definition) is 0. The predicted molar refractivity (Wildman–Crippen MR) is 266 cm³/mol. The Bertz CT molecular complexity index is 4120. The van der Waals surface area contributed by atoms with Gasteiger partial charge in [-0.15, -0.1) is 22.7 Å². The van der Waals surface area contributed by atoms with Gasteiger partial charge in [-0.3, -0.25) is 0 Å². The molecule has 11 aromatic carbocycles. The molecule has 0 saturated carbocycles. The van der Waals surface area contributed by atoms with Crippen LogP contribution in [0, 0.1) is 0 Å². The summed E-state index contributed by atoms with van der Waals surface area (Å²) in [6.45, 7) is 0. The van der Waals surface area contributed by atoms with Crippen molar-refractivity contribution in [3.05, 3.63) is 194 Å². The van der Waals surface area contributed by atoms with Crippen molar-refractivity contribution in [2.24, 2.45) is 0 Å². The molecule has 3 heterocycles. The van der Waals surface area contributed by atoms with Crippen LogP contribution < -0.4 is 0 Å². The fourth-order valence-electron chi connectivity index (χ4n) is 10.4. The lowest BCUT2D eigenvalue weighted by Crippen LogP contribution is -1.91. The summed E-state index contributed by atoms with van der Waals surface area (Å²) in [5, 5.41) is 17.5. The Kier molecular flexibility index (Phi) is 6.93. The first kappa shape index (κ1) is 33.5. The largest absolute Gasteiger partial charge is 0.455 e. The van der Waals surface area contributed by atoms with Crippen LogP contribution in [0.5, 0.6) is 0 Å². The first-order chi connectivity index (χ1) is 30.3. The van der Waals surface area contributed by atoms with Crippen LogP contribution in [0.2, 0.25) is 0 Å². The maximum atomic E-state index is 7.01. The maximum absolute atomic E-state index is 7.01. The van der Waals surface area contributed by atoms with Gasteiger partial charge in [0, 0.05) is 62.2 Å². The number of thiophene rings is 2. The summed E-state index contributed by atoms with van der Waals surface area (Å²) in [7, 11) is 0. The van der Waals surface area contributed by atoms with Gasteiger partial charge in [0.25, 0.3) is 0 Å². The van der Waals surface area contributed by atoms with Gasteiger partial charge >= 0.3 is 0 Å². The molecule has 14 aromatic rings. The monoisotopic (exact) mass is 808 g/mol. The average molecular weight is 809 g/mol. The summed E-state index contributed by atoms with van der Waals surface area (Å²) >= 11 is 3.75. The Balaban J connectivity index is 1.02. The van der Waals surface area contributed by atoms with Gasteiger partial charge in [0.05, 0.1) is 0 Å². The molecule has 3 heteroatoms. The number of fused-ring (bicyclic) bond motifs is 14. The van der Waals surface area contributed by atoms with Crippen molar-refractivity contribution in [2.75, 3.05) is 0 Å². The van der Waals surface area contributed by atoms with Gasteiger partial charge in [-0.25, -0.2) is 0 Å². The van der Waals surface area contributed by atoms with Gasteiger partial charge in [0.15, 0.2) is 0 Å². The first-order valence-corrected chi connectivity index (χ1v) is 22.5. The van der Waals surface area contributed by atoms with Gasteiger partial charge in [-0.1, -0.05) is 158 Å². The first-order valence-electron chi connectivity index (χ1n) is 20.8. The minimum absolute atomic E-state index is 0.935. The van der Waals surface area contributed by atoms with Gasteiger partial charge in [0.2, 0.25) is 0 Å². The molecule has 0 spiro atoms. The zero-order chi connectivity index (χ0) is 39.8. The molecule has 0 atom stereocenters. The van der Waals surface area contributed by atoms with Crippen LogP contribution in [0.25, 0.3) is 139 Å². The molecule has 0 N–H and O–H groups in total. The highest BCUT2D eigenvalue weighted by molar-refractivity contribution is 7.27. The molecule has 0 aliphatic heterocycles. The molecule has 0 aliphatic carbocycles.